The minimum atomic E-state index is -3.98. The van der Waals surface area contributed by atoms with Gasteiger partial charge in [0.2, 0.25) is 15.9 Å². The zero-order chi connectivity index (χ0) is 19.0. The lowest BCUT2D eigenvalue weighted by Gasteiger charge is -2.19. The fraction of sp³-hybridized carbons (Fsp3) is 0.278. The highest BCUT2D eigenvalue weighted by atomic mass is 32.2. The standard InChI is InChI=1S/C18H21FN2O4S/c1-25-12-11-20-18(22)17(13-14-5-3-2-4-6-14)21-26(23,24)16-9-7-15(19)8-10-16/h2-10,17,21H,11-13H2,1H3,(H,20,22)/t17-/m0/s1. The van der Waals surface area contributed by atoms with E-state index in [0.717, 1.165) is 29.8 Å². The molecule has 0 heterocycles. The molecule has 1 atom stereocenters. The van der Waals surface area contributed by atoms with E-state index in [9.17, 15) is 17.6 Å². The van der Waals surface area contributed by atoms with Gasteiger partial charge in [-0.15, -0.1) is 0 Å². The van der Waals surface area contributed by atoms with E-state index in [0.29, 0.717) is 6.61 Å². The molecule has 2 rings (SSSR count). The van der Waals surface area contributed by atoms with Crippen LogP contribution in [-0.4, -0.2) is 40.6 Å². The molecule has 0 bridgehead atoms. The van der Waals surface area contributed by atoms with Crippen molar-refractivity contribution in [3.05, 3.63) is 66.0 Å². The third-order valence-electron chi connectivity index (χ3n) is 3.63. The summed E-state index contributed by atoms with van der Waals surface area (Å²) in [5.74, 6) is -1.00. The number of hydrogen-bond acceptors (Lipinski definition) is 4. The van der Waals surface area contributed by atoms with E-state index >= 15 is 0 Å². The van der Waals surface area contributed by atoms with Crippen molar-refractivity contribution in [3.8, 4) is 0 Å². The molecule has 1 amide bonds. The normalized spacial score (nSPS) is 12.5. The van der Waals surface area contributed by atoms with Crippen LogP contribution in [0.1, 0.15) is 5.56 Å². The average Bonchev–Trinajstić information content (AvgIpc) is 2.62. The van der Waals surface area contributed by atoms with Crippen molar-refractivity contribution in [3.63, 3.8) is 0 Å². The molecule has 0 aromatic heterocycles. The van der Waals surface area contributed by atoms with Crippen LogP contribution in [0.25, 0.3) is 0 Å². The second kappa shape index (κ2) is 9.42. The van der Waals surface area contributed by atoms with E-state index < -0.39 is 27.8 Å². The van der Waals surface area contributed by atoms with Gasteiger partial charge in [-0.3, -0.25) is 4.79 Å². The van der Waals surface area contributed by atoms with Crippen LogP contribution in [0, 0.1) is 5.82 Å². The van der Waals surface area contributed by atoms with Crippen molar-refractivity contribution >= 4 is 15.9 Å². The monoisotopic (exact) mass is 380 g/mol. The number of hydrogen-bond donors (Lipinski definition) is 2. The Bertz CT molecular complexity index is 811. The summed E-state index contributed by atoms with van der Waals surface area (Å²) in [6, 6.07) is 12.5. The topological polar surface area (TPSA) is 84.5 Å². The number of sulfonamides is 1. The minimum Gasteiger partial charge on any atom is -0.383 e. The molecule has 0 saturated heterocycles. The molecule has 0 unspecified atom stereocenters. The summed E-state index contributed by atoms with van der Waals surface area (Å²) >= 11 is 0. The molecule has 6 nitrogen and oxygen atoms in total. The molecule has 2 N–H and O–H groups in total. The molecule has 0 fully saturated rings. The lowest BCUT2D eigenvalue weighted by molar-refractivity contribution is -0.122. The summed E-state index contributed by atoms with van der Waals surface area (Å²) in [6.07, 6.45) is 0.181. The van der Waals surface area contributed by atoms with E-state index in [4.69, 9.17) is 4.74 Å². The molecule has 2 aromatic rings. The number of nitrogens with one attached hydrogen (secondary N) is 2. The Morgan fingerprint density at radius 1 is 1.12 bits per heavy atom. The smallest absolute Gasteiger partial charge is 0.241 e. The lowest BCUT2D eigenvalue weighted by Crippen LogP contribution is -2.48. The summed E-state index contributed by atoms with van der Waals surface area (Å²) in [5.41, 5.74) is 0.807. The zero-order valence-electron chi connectivity index (χ0n) is 14.3. The van der Waals surface area contributed by atoms with E-state index in [1.165, 1.54) is 7.11 Å². The van der Waals surface area contributed by atoms with Crippen LogP contribution in [0.2, 0.25) is 0 Å². The molecule has 0 aliphatic rings. The first-order valence-electron chi connectivity index (χ1n) is 8.01. The number of carbonyl (C=O) groups excluding carboxylic acids is 1. The van der Waals surface area contributed by atoms with Crippen LogP contribution in [0.15, 0.2) is 59.5 Å². The Labute approximate surface area is 152 Å². The summed E-state index contributed by atoms with van der Waals surface area (Å²) in [7, 11) is -2.48. The quantitative estimate of drug-likeness (QED) is 0.646. The maximum atomic E-state index is 13.0. The van der Waals surface area contributed by atoms with Gasteiger partial charge in [-0.25, -0.2) is 12.8 Å². The molecular formula is C18H21FN2O4S. The Kier molecular flexibility index (Phi) is 7.26. The van der Waals surface area contributed by atoms with Crippen LogP contribution in [0.3, 0.4) is 0 Å². The Hall–Kier alpha value is -2.29. The van der Waals surface area contributed by atoms with Gasteiger partial charge in [-0.1, -0.05) is 30.3 Å². The number of rotatable bonds is 9. The van der Waals surface area contributed by atoms with Gasteiger partial charge in [-0.05, 0) is 36.2 Å². The van der Waals surface area contributed by atoms with Gasteiger partial charge < -0.3 is 10.1 Å². The predicted octanol–water partition coefficient (Wildman–Crippen LogP) is 1.48. The second-order valence-corrected chi connectivity index (χ2v) is 7.32. The van der Waals surface area contributed by atoms with E-state index in [2.05, 4.69) is 10.0 Å². The first kappa shape index (κ1) is 20.0. The molecule has 0 radical (unpaired) electrons. The summed E-state index contributed by atoms with van der Waals surface area (Å²) in [4.78, 5) is 12.3. The number of carbonyl (C=O) groups is 1. The van der Waals surface area contributed by atoms with Crippen molar-refractivity contribution in [2.45, 2.75) is 17.4 Å². The Morgan fingerprint density at radius 2 is 1.77 bits per heavy atom. The van der Waals surface area contributed by atoms with Gasteiger partial charge in [-0.2, -0.15) is 4.72 Å². The summed E-state index contributed by atoms with van der Waals surface area (Å²) in [5, 5.41) is 2.64. The van der Waals surface area contributed by atoms with Gasteiger partial charge in [0.1, 0.15) is 11.9 Å². The van der Waals surface area contributed by atoms with E-state index in [1.54, 1.807) is 0 Å². The molecule has 2 aromatic carbocycles. The molecule has 140 valence electrons. The van der Waals surface area contributed by atoms with Gasteiger partial charge in [0, 0.05) is 13.7 Å². The van der Waals surface area contributed by atoms with Crippen LogP contribution < -0.4 is 10.0 Å². The van der Waals surface area contributed by atoms with Gasteiger partial charge in [0.15, 0.2) is 0 Å². The average molecular weight is 380 g/mol. The second-order valence-electron chi connectivity index (χ2n) is 5.60. The van der Waals surface area contributed by atoms with Crippen molar-refractivity contribution < 1.29 is 22.3 Å². The van der Waals surface area contributed by atoms with Crippen molar-refractivity contribution in [2.24, 2.45) is 0 Å². The van der Waals surface area contributed by atoms with Crippen molar-refractivity contribution in [2.75, 3.05) is 20.3 Å². The fourth-order valence-corrected chi connectivity index (χ4v) is 3.50. The SMILES string of the molecule is COCCNC(=O)[C@H](Cc1ccccc1)NS(=O)(=O)c1ccc(F)cc1. The first-order valence-corrected chi connectivity index (χ1v) is 9.49. The number of ether oxygens (including phenoxy) is 1. The number of benzene rings is 2. The van der Waals surface area contributed by atoms with Crippen molar-refractivity contribution in [1.29, 1.82) is 0 Å². The Balaban J connectivity index is 2.19. The summed E-state index contributed by atoms with van der Waals surface area (Å²) < 4.78 is 45.4. The number of halogens is 1. The third kappa shape index (κ3) is 5.91. The van der Waals surface area contributed by atoms with Gasteiger partial charge >= 0.3 is 0 Å². The molecule has 0 aliphatic carbocycles. The van der Waals surface area contributed by atoms with E-state index in [-0.39, 0.29) is 17.9 Å². The highest BCUT2D eigenvalue weighted by Gasteiger charge is 2.26. The lowest BCUT2D eigenvalue weighted by atomic mass is 10.1. The molecule has 0 aliphatic heterocycles. The van der Waals surface area contributed by atoms with Gasteiger partial charge in [0.05, 0.1) is 11.5 Å². The molecule has 0 spiro atoms. The summed E-state index contributed by atoms with van der Waals surface area (Å²) in [6.45, 7) is 0.577. The fourth-order valence-electron chi connectivity index (χ4n) is 2.31. The maximum absolute atomic E-state index is 13.0. The zero-order valence-corrected chi connectivity index (χ0v) is 15.1. The van der Waals surface area contributed by atoms with Crippen molar-refractivity contribution in [1.82, 2.24) is 10.0 Å². The van der Waals surface area contributed by atoms with Crippen LogP contribution in [0.4, 0.5) is 4.39 Å². The predicted molar refractivity (Wildman–Crippen MR) is 95.5 cm³/mol. The first-order chi connectivity index (χ1) is 12.4. The molecule has 26 heavy (non-hydrogen) atoms. The highest BCUT2D eigenvalue weighted by molar-refractivity contribution is 7.89. The number of amides is 1. The third-order valence-corrected chi connectivity index (χ3v) is 5.11. The van der Waals surface area contributed by atoms with Crippen LogP contribution in [-0.2, 0) is 26.0 Å². The Morgan fingerprint density at radius 3 is 2.38 bits per heavy atom. The highest BCUT2D eigenvalue weighted by Crippen LogP contribution is 2.12. The van der Waals surface area contributed by atoms with Crippen LogP contribution in [0.5, 0.6) is 0 Å². The minimum absolute atomic E-state index is 0.110. The van der Waals surface area contributed by atoms with Gasteiger partial charge in [0.25, 0.3) is 0 Å². The molecule has 0 saturated carbocycles. The number of methoxy groups -OCH3 is 1. The van der Waals surface area contributed by atoms with E-state index in [1.807, 2.05) is 30.3 Å². The maximum Gasteiger partial charge on any atom is 0.241 e. The molecule has 8 heteroatoms. The van der Waals surface area contributed by atoms with Crippen LogP contribution >= 0.6 is 0 Å². The largest absolute Gasteiger partial charge is 0.383 e. The molecular weight excluding hydrogens is 359 g/mol.